The van der Waals surface area contributed by atoms with Gasteiger partial charge in [0, 0.05) is 22.9 Å². The van der Waals surface area contributed by atoms with Crippen molar-refractivity contribution in [3.05, 3.63) is 59.7 Å². The minimum absolute atomic E-state index is 0.00991. The van der Waals surface area contributed by atoms with Crippen molar-refractivity contribution in [2.75, 3.05) is 18.4 Å². The lowest BCUT2D eigenvalue weighted by atomic mass is 9.76. The number of nitrogens with one attached hydrogen (secondary N) is 2. The van der Waals surface area contributed by atoms with Gasteiger partial charge in [-0.15, -0.1) is 0 Å². The number of fused-ring (bicyclic) bond motifs is 2. The molecule has 1 saturated heterocycles. The molecular weight excluding hydrogens is 499 g/mol. The highest BCUT2D eigenvalue weighted by Gasteiger charge is 2.43. The molecule has 6 nitrogen and oxygen atoms in total. The summed E-state index contributed by atoms with van der Waals surface area (Å²) in [5, 5.41) is 6.54. The molecule has 0 radical (unpaired) electrons. The van der Waals surface area contributed by atoms with E-state index in [-0.39, 0.29) is 5.41 Å². The zero-order valence-electron chi connectivity index (χ0n) is 25.4. The fraction of sp³-hybridized carbons (Fsp3) is 0.515. The molecule has 1 spiro atoms. The quantitative estimate of drug-likeness (QED) is 0.342. The molecule has 2 aliphatic heterocycles. The van der Waals surface area contributed by atoms with Crippen LogP contribution in [0.2, 0.25) is 0 Å². The second kappa shape index (κ2) is 15.0. The number of aliphatic imine (C=N–C) groups is 1. The molecule has 2 fully saturated rings. The van der Waals surface area contributed by atoms with E-state index in [1.807, 2.05) is 65.9 Å². The van der Waals surface area contributed by atoms with Crippen molar-refractivity contribution >= 4 is 23.2 Å². The number of halogens is 1. The molecule has 1 aliphatic carbocycles. The lowest BCUT2D eigenvalue weighted by Gasteiger charge is -2.25. The van der Waals surface area contributed by atoms with Gasteiger partial charge in [0.2, 0.25) is 5.95 Å². The molecule has 0 unspecified atom stereocenters. The van der Waals surface area contributed by atoms with Gasteiger partial charge in [-0.25, -0.2) is 19.3 Å². The normalized spacial score (nSPS) is 16.9. The Balaban J connectivity index is 0.000000691. The number of pyridine rings is 1. The van der Waals surface area contributed by atoms with Crippen molar-refractivity contribution in [1.29, 1.82) is 0 Å². The van der Waals surface area contributed by atoms with Crippen LogP contribution in [0.4, 0.5) is 21.8 Å². The average Bonchev–Trinajstić information content (AvgIpc) is 3.63. The van der Waals surface area contributed by atoms with Gasteiger partial charge in [0.25, 0.3) is 0 Å². The van der Waals surface area contributed by atoms with Gasteiger partial charge in [-0.2, -0.15) is 0 Å². The van der Waals surface area contributed by atoms with Gasteiger partial charge in [-0.05, 0) is 80.9 Å². The van der Waals surface area contributed by atoms with Gasteiger partial charge in [-0.3, -0.25) is 4.99 Å². The van der Waals surface area contributed by atoms with Gasteiger partial charge < -0.3 is 10.6 Å². The number of anilines is 2. The molecule has 3 aliphatic rings. The van der Waals surface area contributed by atoms with Crippen molar-refractivity contribution in [2.45, 2.75) is 98.3 Å². The molecule has 1 saturated carbocycles. The standard InChI is InChI=1S/C27H29FN6.3C2H6/c1-17-27(10-2-3-11-27)21-14-19(4-6-23(21)32-17)25-22(28)16-31-26(34-25)33-24-7-5-20(15-30-24)18-8-12-29-13-9-18;3*1-2/h4-7,14-16,18,29H,2-3,8-13H2,1H3,(H,30,31,33,34);3*1-2H3. The predicted molar refractivity (Wildman–Crippen MR) is 167 cm³/mol. The summed E-state index contributed by atoms with van der Waals surface area (Å²) < 4.78 is 14.8. The molecule has 4 heterocycles. The first kappa shape index (κ1) is 31.3. The minimum atomic E-state index is -0.434. The van der Waals surface area contributed by atoms with Crippen molar-refractivity contribution in [3.63, 3.8) is 0 Å². The summed E-state index contributed by atoms with van der Waals surface area (Å²) >= 11 is 0. The zero-order valence-corrected chi connectivity index (χ0v) is 25.4. The van der Waals surface area contributed by atoms with Crippen LogP contribution < -0.4 is 10.6 Å². The van der Waals surface area contributed by atoms with E-state index in [4.69, 9.17) is 4.99 Å². The number of piperidine rings is 1. The smallest absolute Gasteiger partial charge is 0.229 e. The zero-order chi connectivity index (χ0) is 29.1. The van der Waals surface area contributed by atoms with E-state index in [2.05, 4.69) is 44.6 Å². The van der Waals surface area contributed by atoms with Crippen LogP contribution in [-0.4, -0.2) is 33.8 Å². The number of nitrogens with zero attached hydrogens (tertiary/aromatic N) is 4. The monoisotopic (exact) mass is 546 g/mol. The first-order chi connectivity index (χ1) is 19.6. The molecule has 2 aromatic heterocycles. The molecule has 40 heavy (non-hydrogen) atoms. The van der Waals surface area contributed by atoms with E-state index in [1.165, 1.54) is 35.9 Å². The van der Waals surface area contributed by atoms with Crippen LogP contribution in [0.25, 0.3) is 11.3 Å². The summed E-state index contributed by atoms with van der Waals surface area (Å²) in [6.45, 7) is 16.2. The SMILES string of the molecule is CC.CC.CC.CC1=Nc2ccc(-c3nc(Nc4ccc(C5CCNCC5)cn4)ncc3F)cc2C12CCCC2. The molecule has 0 bridgehead atoms. The van der Waals surface area contributed by atoms with Crippen LogP contribution in [-0.2, 0) is 5.41 Å². The van der Waals surface area contributed by atoms with Crippen molar-refractivity contribution < 1.29 is 4.39 Å². The maximum atomic E-state index is 14.8. The summed E-state index contributed by atoms with van der Waals surface area (Å²) in [5.74, 6) is 1.10. The maximum absolute atomic E-state index is 14.8. The van der Waals surface area contributed by atoms with Crippen molar-refractivity contribution in [3.8, 4) is 11.3 Å². The molecule has 7 heteroatoms. The third kappa shape index (κ3) is 6.57. The third-order valence-electron chi connectivity index (χ3n) is 7.80. The van der Waals surface area contributed by atoms with Crippen LogP contribution in [0, 0.1) is 5.82 Å². The topological polar surface area (TPSA) is 75.1 Å². The van der Waals surface area contributed by atoms with Gasteiger partial charge in [0.15, 0.2) is 5.82 Å². The van der Waals surface area contributed by atoms with E-state index in [0.717, 1.165) is 50.0 Å². The Bertz CT molecular complexity index is 1240. The third-order valence-corrected chi connectivity index (χ3v) is 7.80. The molecule has 2 N–H and O–H groups in total. The number of aromatic nitrogens is 3. The highest BCUT2D eigenvalue weighted by molar-refractivity contribution is 6.01. The van der Waals surface area contributed by atoms with E-state index in [9.17, 15) is 4.39 Å². The van der Waals surface area contributed by atoms with Crippen molar-refractivity contribution in [1.82, 2.24) is 20.3 Å². The lowest BCUT2D eigenvalue weighted by Crippen LogP contribution is -2.27. The molecule has 216 valence electrons. The lowest BCUT2D eigenvalue weighted by molar-refractivity contribution is 0.459. The Morgan fingerprint density at radius 2 is 1.60 bits per heavy atom. The van der Waals surface area contributed by atoms with Gasteiger partial charge in [-0.1, -0.05) is 66.5 Å². The molecule has 6 rings (SSSR count). The van der Waals surface area contributed by atoms with Gasteiger partial charge in [0.1, 0.15) is 11.5 Å². The Hall–Kier alpha value is -3.19. The first-order valence-corrected chi connectivity index (χ1v) is 15.3. The predicted octanol–water partition coefficient (Wildman–Crippen LogP) is 8.88. The number of hydrogen-bond acceptors (Lipinski definition) is 6. The maximum Gasteiger partial charge on any atom is 0.229 e. The van der Waals surface area contributed by atoms with E-state index < -0.39 is 5.82 Å². The first-order valence-electron chi connectivity index (χ1n) is 15.3. The van der Waals surface area contributed by atoms with Crippen molar-refractivity contribution in [2.24, 2.45) is 4.99 Å². The highest BCUT2D eigenvalue weighted by atomic mass is 19.1. The van der Waals surface area contributed by atoms with E-state index in [0.29, 0.717) is 23.4 Å². The Kier molecular flexibility index (Phi) is 11.7. The minimum Gasteiger partial charge on any atom is -0.317 e. The fourth-order valence-electron chi connectivity index (χ4n) is 5.88. The van der Waals surface area contributed by atoms with Crippen LogP contribution >= 0.6 is 0 Å². The molecule has 1 aromatic carbocycles. The van der Waals surface area contributed by atoms with Gasteiger partial charge >= 0.3 is 0 Å². The summed E-state index contributed by atoms with van der Waals surface area (Å²) in [4.78, 5) is 18.1. The Labute approximate surface area is 240 Å². The summed E-state index contributed by atoms with van der Waals surface area (Å²) in [7, 11) is 0. The van der Waals surface area contributed by atoms with Crippen LogP contribution in [0.5, 0.6) is 0 Å². The largest absolute Gasteiger partial charge is 0.317 e. The van der Waals surface area contributed by atoms with Crippen LogP contribution in [0.3, 0.4) is 0 Å². The highest BCUT2D eigenvalue weighted by Crippen LogP contribution is 2.51. The van der Waals surface area contributed by atoms with Crippen LogP contribution in [0.1, 0.15) is 104 Å². The van der Waals surface area contributed by atoms with E-state index >= 15 is 0 Å². The Morgan fingerprint density at radius 1 is 0.900 bits per heavy atom. The second-order valence-electron chi connectivity index (χ2n) is 9.73. The summed E-state index contributed by atoms with van der Waals surface area (Å²) in [5.41, 5.74) is 5.72. The van der Waals surface area contributed by atoms with Gasteiger partial charge in [0.05, 0.1) is 11.9 Å². The second-order valence-corrected chi connectivity index (χ2v) is 9.73. The fourth-order valence-corrected chi connectivity index (χ4v) is 5.88. The van der Waals surface area contributed by atoms with Crippen LogP contribution in [0.15, 0.2) is 47.7 Å². The van der Waals surface area contributed by atoms with E-state index in [1.54, 1.807) is 0 Å². The summed E-state index contributed by atoms with van der Waals surface area (Å²) in [6.07, 6.45) is 10.0. The molecule has 0 amide bonds. The molecule has 3 aromatic rings. The number of hydrogen-bond donors (Lipinski definition) is 2. The molecular formula is C33H47FN6. The number of benzene rings is 1. The average molecular weight is 547 g/mol. The summed E-state index contributed by atoms with van der Waals surface area (Å²) in [6, 6.07) is 10.0. The molecule has 0 atom stereocenters. The number of rotatable bonds is 4. The Morgan fingerprint density at radius 3 is 2.25 bits per heavy atom.